The lowest BCUT2D eigenvalue weighted by Gasteiger charge is -2.42. The van der Waals surface area contributed by atoms with E-state index in [4.69, 9.17) is 0 Å². The zero-order valence-corrected chi connectivity index (χ0v) is 18.0. The first kappa shape index (κ1) is 21.6. The maximum Gasteiger partial charge on any atom is 0.222 e. The predicted octanol–water partition coefficient (Wildman–Crippen LogP) is 4.86. The van der Waals surface area contributed by atoms with E-state index in [0.29, 0.717) is 13.0 Å². The Morgan fingerprint density at radius 2 is 1.76 bits per heavy atom. The second-order valence-electron chi connectivity index (χ2n) is 8.91. The number of hydrogen-bond acceptors (Lipinski definition) is 2. The molecule has 1 aliphatic heterocycles. The maximum absolute atomic E-state index is 12.9. The number of piperidine rings is 1. The van der Waals surface area contributed by atoms with Crippen molar-refractivity contribution in [3.8, 4) is 0 Å². The normalized spacial score (nSPS) is 19.3. The van der Waals surface area contributed by atoms with Crippen LogP contribution in [0.2, 0.25) is 0 Å². The van der Waals surface area contributed by atoms with Gasteiger partial charge in [0.2, 0.25) is 5.91 Å². The third-order valence-electron chi connectivity index (χ3n) is 6.27. The van der Waals surface area contributed by atoms with Crippen LogP contribution >= 0.6 is 0 Å². The quantitative estimate of drug-likeness (QED) is 0.696. The molecule has 3 rings (SSSR count). The van der Waals surface area contributed by atoms with Crippen molar-refractivity contribution in [2.24, 2.45) is 5.41 Å². The summed E-state index contributed by atoms with van der Waals surface area (Å²) in [6.45, 7) is 5.90. The molecule has 0 saturated carbocycles. The molecule has 29 heavy (non-hydrogen) atoms. The molecule has 1 fully saturated rings. The number of aryl methyl sites for hydroxylation is 4. The molecule has 3 nitrogen and oxygen atoms in total. The Morgan fingerprint density at radius 3 is 2.45 bits per heavy atom. The highest BCUT2D eigenvalue weighted by atomic mass is 16.3. The Morgan fingerprint density at radius 1 is 1.03 bits per heavy atom. The maximum atomic E-state index is 12.9. The van der Waals surface area contributed by atoms with Gasteiger partial charge in [0.1, 0.15) is 0 Å². The van der Waals surface area contributed by atoms with E-state index in [9.17, 15) is 9.90 Å². The van der Waals surface area contributed by atoms with Crippen molar-refractivity contribution >= 4 is 5.91 Å². The summed E-state index contributed by atoms with van der Waals surface area (Å²) in [4.78, 5) is 14.9. The molecular formula is C26H35NO2. The van der Waals surface area contributed by atoms with E-state index in [1.165, 1.54) is 22.3 Å². The van der Waals surface area contributed by atoms with Crippen molar-refractivity contribution in [1.82, 2.24) is 4.90 Å². The average molecular weight is 394 g/mol. The Labute approximate surface area is 175 Å². The van der Waals surface area contributed by atoms with E-state index in [-0.39, 0.29) is 17.9 Å². The van der Waals surface area contributed by atoms with Gasteiger partial charge in [-0.05, 0) is 63.5 Å². The molecule has 1 saturated heterocycles. The number of hydrogen-bond donors (Lipinski definition) is 1. The number of carbonyl (C=O) groups is 1. The number of likely N-dealkylation sites (tertiary alicyclic amines) is 1. The summed E-state index contributed by atoms with van der Waals surface area (Å²) < 4.78 is 0. The lowest BCUT2D eigenvalue weighted by molar-refractivity contribution is -0.135. The second kappa shape index (κ2) is 10.1. The number of carbonyl (C=O) groups excluding carboxylic acids is 1. The van der Waals surface area contributed by atoms with Crippen molar-refractivity contribution in [1.29, 1.82) is 0 Å². The number of nitrogens with zero attached hydrogens (tertiary/aromatic N) is 1. The van der Waals surface area contributed by atoms with Crippen LogP contribution in [0.3, 0.4) is 0 Å². The minimum Gasteiger partial charge on any atom is -0.396 e. The van der Waals surface area contributed by atoms with E-state index in [1.807, 2.05) is 11.0 Å². The fourth-order valence-corrected chi connectivity index (χ4v) is 4.77. The number of rotatable bonds is 8. The number of benzene rings is 2. The van der Waals surface area contributed by atoms with Crippen LogP contribution in [0.15, 0.2) is 48.5 Å². The van der Waals surface area contributed by atoms with Crippen LogP contribution in [0, 0.1) is 19.3 Å². The highest BCUT2D eigenvalue weighted by molar-refractivity contribution is 5.76. The lowest BCUT2D eigenvalue weighted by Crippen LogP contribution is -2.48. The minimum atomic E-state index is -0.136. The molecule has 0 radical (unpaired) electrons. The third-order valence-corrected chi connectivity index (χ3v) is 6.27. The summed E-state index contributed by atoms with van der Waals surface area (Å²) in [5, 5.41) is 10.2. The van der Waals surface area contributed by atoms with Gasteiger partial charge in [-0.15, -0.1) is 0 Å². The topological polar surface area (TPSA) is 40.5 Å². The SMILES string of the molecule is Cc1cc(C)cc(CCC(=O)N2CCCC(CO)(CCCc3ccccc3)C2)c1. The fourth-order valence-electron chi connectivity index (χ4n) is 4.77. The summed E-state index contributed by atoms with van der Waals surface area (Å²) >= 11 is 0. The Balaban J connectivity index is 1.53. The first-order valence-corrected chi connectivity index (χ1v) is 11.0. The van der Waals surface area contributed by atoms with Gasteiger partial charge in [-0.1, -0.05) is 59.7 Å². The summed E-state index contributed by atoms with van der Waals surface area (Å²) in [5.41, 5.74) is 4.95. The molecule has 0 bridgehead atoms. The van der Waals surface area contributed by atoms with Gasteiger partial charge in [-0.2, -0.15) is 0 Å². The molecule has 1 unspecified atom stereocenters. The van der Waals surface area contributed by atoms with Crippen LogP contribution in [-0.4, -0.2) is 35.6 Å². The van der Waals surface area contributed by atoms with Crippen molar-refractivity contribution in [3.05, 3.63) is 70.8 Å². The average Bonchev–Trinajstić information content (AvgIpc) is 2.72. The van der Waals surface area contributed by atoms with Gasteiger partial charge in [-0.3, -0.25) is 4.79 Å². The summed E-state index contributed by atoms with van der Waals surface area (Å²) in [5.74, 6) is 0.227. The standard InChI is InChI=1S/C26H35NO2/c1-21-16-22(2)18-24(17-21)11-12-25(29)27-15-7-14-26(19-27,20-28)13-6-10-23-8-4-3-5-9-23/h3-5,8-9,16-18,28H,6-7,10-15,19-20H2,1-2H3. The van der Waals surface area contributed by atoms with Crippen LogP contribution < -0.4 is 0 Å². The monoisotopic (exact) mass is 393 g/mol. The number of amides is 1. The Hall–Kier alpha value is -2.13. The molecule has 2 aromatic carbocycles. The van der Waals surface area contributed by atoms with Gasteiger partial charge in [0.15, 0.2) is 0 Å². The second-order valence-corrected chi connectivity index (χ2v) is 8.91. The van der Waals surface area contributed by atoms with Gasteiger partial charge in [0.25, 0.3) is 0 Å². The van der Waals surface area contributed by atoms with Gasteiger partial charge in [0.05, 0.1) is 6.61 Å². The van der Waals surface area contributed by atoms with Crippen LogP contribution in [0.5, 0.6) is 0 Å². The largest absolute Gasteiger partial charge is 0.396 e. The van der Waals surface area contributed by atoms with Crippen molar-refractivity contribution in [3.63, 3.8) is 0 Å². The van der Waals surface area contributed by atoms with Gasteiger partial charge in [-0.25, -0.2) is 0 Å². The zero-order valence-electron chi connectivity index (χ0n) is 18.0. The first-order valence-electron chi connectivity index (χ1n) is 11.0. The summed E-state index contributed by atoms with van der Waals surface area (Å²) in [6.07, 6.45) is 6.39. The Bertz CT molecular complexity index is 781. The summed E-state index contributed by atoms with van der Waals surface area (Å²) in [7, 11) is 0. The fraction of sp³-hybridized carbons (Fsp3) is 0.500. The Kier molecular flexibility index (Phi) is 7.49. The summed E-state index contributed by atoms with van der Waals surface area (Å²) in [6, 6.07) is 17.0. The van der Waals surface area contributed by atoms with Gasteiger partial charge < -0.3 is 10.0 Å². The molecule has 0 aromatic heterocycles. The van der Waals surface area contributed by atoms with Crippen molar-refractivity contribution < 1.29 is 9.90 Å². The van der Waals surface area contributed by atoms with Crippen LogP contribution in [0.1, 0.15) is 54.4 Å². The number of aliphatic hydroxyl groups is 1. The number of aliphatic hydroxyl groups excluding tert-OH is 1. The first-order chi connectivity index (χ1) is 14.0. The predicted molar refractivity (Wildman–Crippen MR) is 119 cm³/mol. The highest BCUT2D eigenvalue weighted by Gasteiger charge is 2.36. The molecule has 1 amide bonds. The van der Waals surface area contributed by atoms with E-state index in [0.717, 1.165) is 45.1 Å². The minimum absolute atomic E-state index is 0.136. The zero-order chi connectivity index (χ0) is 20.7. The van der Waals surface area contributed by atoms with Crippen molar-refractivity contribution in [2.45, 2.75) is 58.8 Å². The van der Waals surface area contributed by atoms with Crippen LogP contribution in [0.25, 0.3) is 0 Å². The third kappa shape index (κ3) is 6.17. The highest BCUT2D eigenvalue weighted by Crippen LogP contribution is 2.35. The van der Waals surface area contributed by atoms with Gasteiger partial charge >= 0.3 is 0 Å². The van der Waals surface area contributed by atoms with Crippen LogP contribution in [0.4, 0.5) is 0 Å². The molecule has 0 aliphatic carbocycles. The van der Waals surface area contributed by atoms with E-state index < -0.39 is 0 Å². The molecule has 1 aliphatic rings. The lowest BCUT2D eigenvalue weighted by atomic mass is 9.76. The van der Waals surface area contributed by atoms with Crippen LogP contribution in [-0.2, 0) is 17.6 Å². The molecule has 0 spiro atoms. The molecule has 156 valence electrons. The molecule has 1 heterocycles. The molecule has 3 heteroatoms. The van der Waals surface area contributed by atoms with E-state index >= 15 is 0 Å². The molecule has 2 aromatic rings. The van der Waals surface area contributed by atoms with Gasteiger partial charge in [0, 0.05) is 24.9 Å². The molecular weight excluding hydrogens is 358 g/mol. The smallest absolute Gasteiger partial charge is 0.222 e. The van der Waals surface area contributed by atoms with E-state index in [1.54, 1.807) is 0 Å². The molecule has 1 atom stereocenters. The van der Waals surface area contributed by atoms with Crippen molar-refractivity contribution in [2.75, 3.05) is 19.7 Å². The van der Waals surface area contributed by atoms with E-state index in [2.05, 4.69) is 56.3 Å². The molecule has 1 N–H and O–H groups in total.